The van der Waals surface area contributed by atoms with Crippen LogP contribution in [0.15, 0.2) is 24.3 Å². The van der Waals surface area contributed by atoms with Crippen LogP contribution >= 0.6 is 0 Å². The highest BCUT2D eigenvalue weighted by molar-refractivity contribution is 6.25. The van der Waals surface area contributed by atoms with Crippen molar-refractivity contribution < 1.29 is 18.4 Å². The first-order chi connectivity index (χ1) is 8.50. The summed E-state index contributed by atoms with van der Waals surface area (Å²) in [6, 6.07) is 4.42. The predicted molar refractivity (Wildman–Crippen MR) is 60.3 cm³/mol. The number of hydrogen-bond acceptors (Lipinski definition) is 2. The van der Waals surface area contributed by atoms with Crippen molar-refractivity contribution >= 4 is 22.6 Å². The summed E-state index contributed by atoms with van der Waals surface area (Å²) < 4.78 is 27.0. The Hall–Kier alpha value is -2.30. The Morgan fingerprint density at radius 2 is 1.67 bits per heavy atom. The molecule has 90 valence electrons. The van der Waals surface area contributed by atoms with E-state index >= 15 is 0 Å². The monoisotopic (exact) mass is 247 g/mol. The fourth-order valence-electron chi connectivity index (χ4n) is 2.22. The molecule has 0 atom stereocenters. The molecule has 0 bridgehead atoms. The molecule has 0 spiro atoms. The Bertz CT molecular complexity index is 724. The lowest BCUT2D eigenvalue weighted by atomic mass is 9.94. The van der Waals surface area contributed by atoms with E-state index in [-0.39, 0.29) is 21.9 Å². The third-order valence-electron chi connectivity index (χ3n) is 3.10. The van der Waals surface area contributed by atoms with Gasteiger partial charge in [0, 0.05) is 23.4 Å². The van der Waals surface area contributed by atoms with Crippen LogP contribution in [0.4, 0.5) is 8.78 Å². The Kier molecular flexibility index (Phi) is 2.02. The molecule has 1 aliphatic rings. The van der Waals surface area contributed by atoms with E-state index in [1.807, 2.05) is 0 Å². The summed E-state index contributed by atoms with van der Waals surface area (Å²) in [5.41, 5.74) is 0.227. The molecule has 2 aromatic carbocycles. The summed E-state index contributed by atoms with van der Waals surface area (Å²) in [6.07, 6.45) is 0. The lowest BCUT2D eigenvalue weighted by Gasteiger charge is -2.23. The molecule has 2 amide bonds. The molecule has 0 N–H and O–H groups in total. The summed E-state index contributed by atoms with van der Waals surface area (Å²) in [4.78, 5) is 24.7. The fraction of sp³-hybridized carbons (Fsp3) is 0.0769. The number of imide groups is 1. The summed E-state index contributed by atoms with van der Waals surface area (Å²) in [5.74, 6) is -2.49. The van der Waals surface area contributed by atoms with Crippen molar-refractivity contribution in [1.82, 2.24) is 4.90 Å². The van der Waals surface area contributed by atoms with E-state index in [1.165, 1.54) is 13.1 Å². The molecule has 0 saturated carbocycles. The quantitative estimate of drug-likeness (QED) is 0.670. The van der Waals surface area contributed by atoms with Crippen molar-refractivity contribution in [3.8, 4) is 0 Å². The number of halogens is 2. The number of hydrogen-bond donors (Lipinski definition) is 0. The second-order valence-corrected chi connectivity index (χ2v) is 4.14. The number of carbonyl (C=O) groups is 2. The van der Waals surface area contributed by atoms with E-state index in [9.17, 15) is 18.4 Å². The zero-order chi connectivity index (χ0) is 13.0. The van der Waals surface area contributed by atoms with Crippen LogP contribution in [0.3, 0.4) is 0 Å². The first-order valence-corrected chi connectivity index (χ1v) is 5.25. The van der Waals surface area contributed by atoms with Crippen LogP contribution < -0.4 is 0 Å². The molecule has 0 aliphatic carbocycles. The SMILES string of the molecule is CN1C(=O)c2ccc(F)c3cc(F)cc(c23)C1=O. The third-order valence-corrected chi connectivity index (χ3v) is 3.10. The van der Waals surface area contributed by atoms with E-state index in [2.05, 4.69) is 0 Å². The van der Waals surface area contributed by atoms with Gasteiger partial charge in [0.25, 0.3) is 11.8 Å². The lowest BCUT2D eigenvalue weighted by molar-refractivity contribution is 0.0650. The second-order valence-electron chi connectivity index (χ2n) is 4.14. The van der Waals surface area contributed by atoms with Crippen LogP contribution in [-0.2, 0) is 0 Å². The van der Waals surface area contributed by atoms with Crippen molar-refractivity contribution in [2.45, 2.75) is 0 Å². The molecule has 2 aromatic rings. The van der Waals surface area contributed by atoms with Crippen molar-refractivity contribution in [3.05, 3.63) is 47.0 Å². The predicted octanol–water partition coefficient (Wildman–Crippen LogP) is 2.34. The zero-order valence-electron chi connectivity index (χ0n) is 9.33. The zero-order valence-corrected chi connectivity index (χ0v) is 9.33. The van der Waals surface area contributed by atoms with Crippen LogP contribution in [0.25, 0.3) is 10.8 Å². The maximum absolute atomic E-state index is 13.6. The van der Waals surface area contributed by atoms with Crippen molar-refractivity contribution in [2.75, 3.05) is 7.05 Å². The molecular weight excluding hydrogens is 240 g/mol. The Morgan fingerprint density at radius 3 is 2.39 bits per heavy atom. The molecule has 0 saturated heterocycles. The molecule has 0 aromatic heterocycles. The van der Waals surface area contributed by atoms with Gasteiger partial charge in [0.15, 0.2) is 0 Å². The summed E-state index contributed by atoms with van der Waals surface area (Å²) in [5, 5.41) is 0.141. The molecule has 1 aliphatic heterocycles. The molecule has 1 heterocycles. The minimum atomic E-state index is -0.704. The van der Waals surface area contributed by atoms with Crippen LogP contribution in [0.1, 0.15) is 20.7 Å². The van der Waals surface area contributed by atoms with Gasteiger partial charge in [-0.2, -0.15) is 0 Å². The van der Waals surface area contributed by atoms with Crippen LogP contribution in [0.2, 0.25) is 0 Å². The van der Waals surface area contributed by atoms with Crippen molar-refractivity contribution in [3.63, 3.8) is 0 Å². The molecule has 18 heavy (non-hydrogen) atoms. The number of amides is 2. The summed E-state index contributed by atoms with van der Waals surface area (Å²) in [7, 11) is 1.31. The van der Waals surface area contributed by atoms with E-state index in [0.29, 0.717) is 0 Å². The first kappa shape index (κ1) is 10.8. The molecule has 0 unspecified atom stereocenters. The van der Waals surface area contributed by atoms with E-state index in [0.717, 1.165) is 23.1 Å². The molecular formula is C13H7F2NO2. The van der Waals surface area contributed by atoms with Crippen molar-refractivity contribution in [1.29, 1.82) is 0 Å². The highest BCUT2D eigenvalue weighted by Gasteiger charge is 2.31. The average Bonchev–Trinajstić information content (AvgIpc) is 2.35. The van der Waals surface area contributed by atoms with E-state index in [4.69, 9.17) is 0 Å². The molecule has 0 radical (unpaired) electrons. The summed E-state index contributed by atoms with van der Waals surface area (Å²) in [6.45, 7) is 0. The molecule has 3 rings (SSSR count). The molecule has 3 nitrogen and oxygen atoms in total. The minimum absolute atomic E-state index is 0.0154. The maximum atomic E-state index is 13.6. The van der Waals surface area contributed by atoms with Gasteiger partial charge in [0.05, 0.1) is 5.56 Å². The average molecular weight is 247 g/mol. The van der Waals surface area contributed by atoms with Crippen LogP contribution in [0, 0.1) is 11.6 Å². The van der Waals surface area contributed by atoms with Gasteiger partial charge in [0.1, 0.15) is 11.6 Å². The van der Waals surface area contributed by atoms with Gasteiger partial charge in [-0.3, -0.25) is 14.5 Å². The Labute approximate surface area is 101 Å². The standard InChI is InChI=1S/C13H7F2NO2/c1-16-12(17)7-2-3-10(15)8-4-6(14)5-9(11(7)8)13(16)18/h2-5H,1H3. The second kappa shape index (κ2) is 3.35. The van der Waals surface area contributed by atoms with E-state index < -0.39 is 23.4 Å². The molecule has 0 fully saturated rings. The normalized spacial score (nSPS) is 14.5. The number of rotatable bonds is 0. The van der Waals surface area contributed by atoms with Gasteiger partial charge >= 0.3 is 0 Å². The largest absolute Gasteiger partial charge is 0.277 e. The Morgan fingerprint density at radius 1 is 1.00 bits per heavy atom. The number of carbonyl (C=O) groups excluding carboxylic acids is 2. The Balaban J connectivity index is 2.56. The summed E-state index contributed by atoms with van der Waals surface area (Å²) >= 11 is 0. The maximum Gasteiger partial charge on any atom is 0.261 e. The molecule has 5 heteroatoms. The third kappa shape index (κ3) is 1.21. The van der Waals surface area contributed by atoms with Gasteiger partial charge in [0.2, 0.25) is 0 Å². The topological polar surface area (TPSA) is 37.4 Å². The lowest BCUT2D eigenvalue weighted by Crippen LogP contribution is -2.37. The van der Waals surface area contributed by atoms with Crippen LogP contribution in [-0.4, -0.2) is 23.8 Å². The van der Waals surface area contributed by atoms with Gasteiger partial charge in [-0.25, -0.2) is 8.78 Å². The van der Waals surface area contributed by atoms with E-state index in [1.54, 1.807) is 0 Å². The van der Waals surface area contributed by atoms with Gasteiger partial charge in [-0.15, -0.1) is 0 Å². The van der Waals surface area contributed by atoms with Gasteiger partial charge in [-0.05, 0) is 24.3 Å². The van der Waals surface area contributed by atoms with Gasteiger partial charge < -0.3 is 0 Å². The number of benzene rings is 2. The smallest absolute Gasteiger partial charge is 0.261 e. The first-order valence-electron chi connectivity index (χ1n) is 5.25. The highest BCUT2D eigenvalue weighted by Crippen LogP contribution is 2.31. The van der Waals surface area contributed by atoms with Gasteiger partial charge in [-0.1, -0.05) is 0 Å². The highest BCUT2D eigenvalue weighted by atomic mass is 19.1. The minimum Gasteiger partial charge on any atom is -0.277 e. The van der Waals surface area contributed by atoms with Crippen LogP contribution in [0.5, 0.6) is 0 Å². The number of nitrogens with zero attached hydrogens (tertiary/aromatic N) is 1. The van der Waals surface area contributed by atoms with Crippen molar-refractivity contribution in [2.24, 2.45) is 0 Å². The fourth-order valence-corrected chi connectivity index (χ4v) is 2.22.